The molecule has 3 rings (SSSR count). The normalized spacial score (nSPS) is 10.6. The summed E-state index contributed by atoms with van der Waals surface area (Å²) >= 11 is 0. The first-order valence-corrected chi connectivity index (χ1v) is 9.08. The van der Waals surface area contributed by atoms with E-state index in [0.717, 1.165) is 22.6 Å². The number of aryl methyl sites for hydroxylation is 1. The average molecular weight is 373 g/mol. The molecule has 0 atom stereocenters. The molecule has 142 valence electrons. The molecule has 0 aromatic heterocycles. The molecule has 2 N–H and O–H groups in total. The van der Waals surface area contributed by atoms with Crippen LogP contribution >= 0.6 is 0 Å². The zero-order valence-corrected chi connectivity index (χ0v) is 15.8. The van der Waals surface area contributed by atoms with Crippen molar-refractivity contribution in [3.63, 3.8) is 0 Å². The Morgan fingerprint density at radius 3 is 2.57 bits per heavy atom. The van der Waals surface area contributed by atoms with Crippen molar-refractivity contribution in [3.8, 4) is 5.75 Å². The van der Waals surface area contributed by atoms with E-state index in [9.17, 15) is 4.79 Å². The molecule has 1 amide bonds. The summed E-state index contributed by atoms with van der Waals surface area (Å²) < 4.78 is 5.83. The fourth-order valence-corrected chi connectivity index (χ4v) is 2.49. The molecule has 0 heterocycles. The minimum absolute atomic E-state index is 0.154. The predicted molar refractivity (Wildman–Crippen MR) is 113 cm³/mol. The van der Waals surface area contributed by atoms with Gasteiger partial charge in [-0.2, -0.15) is 5.10 Å². The molecule has 0 unspecified atom stereocenters. The lowest BCUT2D eigenvalue weighted by atomic mass is 10.2. The number of ether oxygens (including phenoxy) is 1. The number of anilines is 1. The molecule has 0 saturated carbocycles. The largest absolute Gasteiger partial charge is 0.489 e. The molecule has 5 nitrogen and oxygen atoms in total. The van der Waals surface area contributed by atoms with Gasteiger partial charge < -0.3 is 10.1 Å². The zero-order chi connectivity index (χ0) is 19.6. The highest BCUT2D eigenvalue weighted by molar-refractivity contribution is 5.84. The van der Waals surface area contributed by atoms with Gasteiger partial charge >= 0.3 is 0 Å². The maximum Gasteiger partial charge on any atom is 0.259 e. The van der Waals surface area contributed by atoms with Gasteiger partial charge in [-0.15, -0.1) is 0 Å². The van der Waals surface area contributed by atoms with Gasteiger partial charge in [0.2, 0.25) is 0 Å². The number of rotatable bonds is 8. The number of hydrazone groups is 1. The van der Waals surface area contributed by atoms with E-state index in [1.807, 2.05) is 54.6 Å². The summed E-state index contributed by atoms with van der Waals surface area (Å²) in [5.41, 5.74) is 6.58. The Balaban J connectivity index is 1.46. The minimum atomic E-state index is -0.216. The topological polar surface area (TPSA) is 62.7 Å². The second kappa shape index (κ2) is 9.92. The van der Waals surface area contributed by atoms with Crippen LogP contribution in [0.25, 0.3) is 0 Å². The average Bonchev–Trinajstić information content (AvgIpc) is 2.73. The smallest absolute Gasteiger partial charge is 0.259 e. The first kappa shape index (κ1) is 19.2. The summed E-state index contributed by atoms with van der Waals surface area (Å²) in [6.07, 6.45) is 1.60. The van der Waals surface area contributed by atoms with Crippen molar-refractivity contribution in [2.24, 2.45) is 5.10 Å². The van der Waals surface area contributed by atoms with Crippen LogP contribution in [-0.2, 0) is 11.4 Å². The molecule has 0 radical (unpaired) electrons. The summed E-state index contributed by atoms with van der Waals surface area (Å²) in [4.78, 5) is 11.8. The molecule has 3 aromatic carbocycles. The monoisotopic (exact) mass is 373 g/mol. The first-order chi connectivity index (χ1) is 13.7. The number of carbonyl (C=O) groups excluding carboxylic acids is 1. The molecule has 0 saturated heterocycles. The predicted octanol–water partition coefficient (Wildman–Crippen LogP) is 4.14. The minimum Gasteiger partial charge on any atom is -0.489 e. The van der Waals surface area contributed by atoms with Crippen molar-refractivity contribution in [1.29, 1.82) is 0 Å². The van der Waals surface area contributed by atoms with E-state index in [-0.39, 0.29) is 12.5 Å². The van der Waals surface area contributed by atoms with Gasteiger partial charge in [0.1, 0.15) is 12.4 Å². The van der Waals surface area contributed by atoms with E-state index in [2.05, 4.69) is 47.0 Å². The number of hydrogen-bond donors (Lipinski definition) is 2. The van der Waals surface area contributed by atoms with Crippen LogP contribution in [-0.4, -0.2) is 18.7 Å². The number of amides is 1. The van der Waals surface area contributed by atoms with Crippen LogP contribution in [0.4, 0.5) is 5.69 Å². The van der Waals surface area contributed by atoms with Gasteiger partial charge in [-0.1, -0.05) is 60.2 Å². The molecule has 0 aliphatic rings. The third-order valence-corrected chi connectivity index (χ3v) is 4.01. The van der Waals surface area contributed by atoms with Gasteiger partial charge in [-0.05, 0) is 42.3 Å². The van der Waals surface area contributed by atoms with E-state index in [1.54, 1.807) is 6.21 Å². The summed E-state index contributed by atoms with van der Waals surface area (Å²) in [7, 11) is 0. The van der Waals surface area contributed by atoms with Gasteiger partial charge in [-0.3, -0.25) is 4.79 Å². The maximum atomic E-state index is 11.8. The zero-order valence-electron chi connectivity index (χ0n) is 15.8. The van der Waals surface area contributed by atoms with E-state index < -0.39 is 0 Å². The number of carbonyl (C=O) groups is 1. The lowest BCUT2D eigenvalue weighted by molar-refractivity contribution is -0.119. The molecule has 0 spiro atoms. The summed E-state index contributed by atoms with van der Waals surface area (Å²) in [5.74, 6) is 0.536. The summed E-state index contributed by atoms with van der Waals surface area (Å²) in [6.45, 7) is 2.72. The summed E-state index contributed by atoms with van der Waals surface area (Å²) in [6, 6.07) is 25.4. The Hall–Kier alpha value is -3.60. The van der Waals surface area contributed by atoms with E-state index in [4.69, 9.17) is 4.74 Å². The van der Waals surface area contributed by atoms with Crippen molar-refractivity contribution in [2.75, 3.05) is 11.9 Å². The fourth-order valence-electron chi connectivity index (χ4n) is 2.49. The van der Waals surface area contributed by atoms with Gasteiger partial charge in [-0.25, -0.2) is 5.43 Å². The second-order valence-corrected chi connectivity index (χ2v) is 6.36. The van der Waals surface area contributed by atoms with Crippen LogP contribution in [0.15, 0.2) is 84.0 Å². The van der Waals surface area contributed by atoms with Crippen LogP contribution in [0, 0.1) is 6.92 Å². The SMILES string of the molecule is Cc1ccc(COc2cccc(/C=N\NC(=O)CNc3ccccc3)c2)cc1. The lowest BCUT2D eigenvalue weighted by Gasteiger charge is -2.07. The highest BCUT2D eigenvalue weighted by Crippen LogP contribution is 2.14. The molecule has 0 aliphatic heterocycles. The number of benzene rings is 3. The van der Waals surface area contributed by atoms with Crippen LogP contribution < -0.4 is 15.5 Å². The van der Waals surface area contributed by atoms with Crippen LogP contribution in [0.1, 0.15) is 16.7 Å². The molecule has 3 aromatic rings. The molecule has 5 heteroatoms. The van der Waals surface area contributed by atoms with Crippen LogP contribution in [0.3, 0.4) is 0 Å². The number of para-hydroxylation sites is 1. The third-order valence-electron chi connectivity index (χ3n) is 4.01. The molecular formula is C23H23N3O2. The van der Waals surface area contributed by atoms with Crippen molar-refractivity contribution in [2.45, 2.75) is 13.5 Å². The van der Waals surface area contributed by atoms with E-state index >= 15 is 0 Å². The molecule has 0 bridgehead atoms. The van der Waals surface area contributed by atoms with Gasteiger partial charge in [0.05, 0.1) is 12.8 Å². The second-order valence-electron chi connectivity index (χ2n) is 6.36. The quantitative estimate of drug-likeness (QED) is 0.461. The van der Waals surface area contributed by atoms with E-state index in [1.165, 1.54) is 5.56 Å². The first-order valence-electron chi connectivity index (χ1n) is 9.08. The summed E-state index contributed by atoms with van der Waals surface area (Å²) in [5, 5.41) is 7.03. The molecule has 28 heavy (non-hydrogen) atoms. The maximum absolute atomic E-state index is 11.8. The number of nitrogens with one attached hydrogen (secondary N) is 2. The number of nitrogens with zero attached hydrogens (tertiary/aromatic N) is 1. The standard InChI is InChI=1S/C23H23N3O2/c1-18-10-12-19(13-11-18)17-28-22-9-5-6-20(14-22)15-25-26-23(27)16-24-21-7-3-2-4-8-21/h2-15,24H,16-17H2,1H3,(H,26,27)/b25-15-. The van der Waals surface area contributed by atoms with Gasteiger partial charge in [0.15, 0.2) is 0 Å². The highest BCUT2D eigenvalue weighted by atomic mass is 16.5. The van der Waals surface area contributed by atoms with Crippen LogP contribution in [0.5, 0.6) is 5.75 Å². The lowest BCUT2D eigenvalue weighted by Crippen LogP contribution is -2.25. The Morgan fingerprint density at radius 1 is 1.00 bits per heavy atom. The van der Waals surface area contributed by atoms with Crippen LogP contribution in [0.2, 0.25) is 0 Å². The van der Waals surface area contributed by atoms with Crippen molar-refractivity contribution in [1.82, 2.24) is 5.43 Å². The fraction of sp³-hybridized carbons (Fsp3) is 0.130. The Labute approximate surface area is 165 Å². The highest BCUT2D eigenvalue weighted by Gasteiger charge is 2.00. The Bertz CT molecular complexity index is 922. The Kier molecular flexibility index (Phi) is 6.79. The van der Waals surface area contributed by atoms with E-state index in [0.29, 0.717) is 6.61 Å². The van der Waals surface area contributed by atoms with Gasteiger partial charge in [0, 0.05) is 5.69 Å². The Morgan fingerprint density at radius 2 is 1.79 bits per heavy atom. The van der Waals surface area contributed by atoms with Crippen molar-refractivity contribution >= 4 is 17.8 Å². The molecular weight excluding hydrogens is 350 g/mol. The number of hydrogen-bond acceptors (Lipinski definition) is 4. The van der Waals surface area contributed by atoms with Crippen molar-refractivity contribution in [3.05, 3.63) is 95.6 Å². The molecule has 0 fully saturated rings. The van der Waals surface area contributed by atoms with Gasteiger partial charge in [0.25, 0.3) is 5.91 Å². The van der Waals surface area contributed by atoms with Crippen molar-refractivity contribution < 1.29 is 9.53 Å². The third kappa shape index (κ3) is 6.29. The molecule has 0 aliphatic carbocycles.